The minimum Gasteiger partial charge on any atom is -0.451 e. The van der Waals surface area contributed by atoms with Crippen molar-refractivity contribution >= 4 is 45.9 Å². The van der Waals surface area contributed by atoms with Crippen LogP contribution in [0.2, 0.25) is 0 Å². The number of carbonyl (C=O) groups excluding carboxylic acids is 2. The molecule has 0 spiro atoms. The van der Waals surface area contributed by atoms with E-state index in [1.54, 1.807) is 16.5 Å². The number of hydrogen-bond acceptors (Lipinski definition) is 7. The minimum atomic E-state index is -0.270. The number of carbonyl (C=O) groups is 2. The van der Waals surface area contributed by atoms with Gasteiger partial charge in [-0.2, -0.15) is 0 Å². The fourth-order valence-corrected chi connectivity index (χ4v) is 3.80. The largest absolute Gasteiger partial charge is 0.451 e. The Bertz CT molecular complexity index is 1230. The van der Waals surface area contributed by atoms with Gasteiger partial charge in [0.05, 0.1) is 11.4 Å². The molecule has 8 nitrogen and oxygen atoms in total. The van der Waals surface area contributed by atoms with Gasteiger partial charge in [0.1, 0.15) is 5.58 Å². The molecule has 142 valence electrons. The summed E-state index contributed by atoms with van der Waals surface area (Å²) >= 11 is 1.25. The highest BCUT2D eigenvalue weighted by atomic mass is 32.2. The van der Waals surface area contributed by atoms with Gasteiger partial charge in [0.25, 0.3) is 5.78 Å². The van der Waals surface area contributed by atoms with Crippen LogP contribution in [0.15, 0.2) is 39.9 Å². The molecule has 4 aromatic rings. The fourth-order valence-electron chi connectivity index (χ4n) is 3.02. The number of nitrogens with one attached hydrogen (secondary N) is 1. The highest BCUT2D eigenvalue weighted by molar-refractivity contribution is 7.99. The molecule has 1 amide bonds. The Morgan fingerprint density at radius 3 is 2.79 bits per heavy atom. The molecule has 1 N–H and O–H groups in total. The maximum Gasteiger partial charge on any atom is 0.256 e. The van der Waals surface area contributed by atoms with Gasteiger partial charge in [0.15, 0.2) is 16.7 Å². The van der Waals surface area contributed by atoms with Crippen LogP contribution in [0.4, 0.5) is 5.69 Å². The van der Waals surface area contributed by atoms with Crippen LogP contribution < -0.4 is 5.32 Å². The third-order valence-electron chi connectivity index (χ3n) is 4.18. The van der Waals surface area contributed by atoms with Crippen molar-refractivity contribution in [1.82, 2.24) is 19.6 Å². The van der Waals surface area contributed by atoms with E-state index in [-0.39, 0.29) is 23.2 Å². The number of aromatic nitrogens is 4. The normalized spacial score (nSPS) is 11.2. The molecule has 28 heavy (non-hydrogen) atoms. The molecule has 0 aliphatic heterocycles. The van der Waals surface area contributed by atoms with Crippen molar-refractivity contribution in [3.8, 4) is 0 Å². The first-order valence-electron chi connectivity index (χ1n) is 8.58. The number of aryl methyl sites for hydroxylation is 2. The summed E-state index contributed by atoms with van der Waals surface area (Å²) in [5, 5.41) is 12.3. The predicted molar refractivity (Wildman–Crippen MR) is 106 cm³/mol. The molecule has 9 heteroatoms. The van der Waals surface area contributed by atoms with Gasteiger partial charge in [-0.3, -0.25) is 14.0 Å². The zero-order valence-electron chi connectivity index (χ0n) is 15.5. The van der Waals surface area contributed by atoms with Gasteiger partial charge in [-0.25, -0.2) is 4.98 Å². The van der Waals surface area contributed by atoms with E-state index in [1.165, 1.54) is 18.7 Å². The number of rotatable bonds is 5. The van der Waals surface area contributed by atoms with E-state index in [9.17, 15) is 9.59 Å². The zero-order chi connectivity index (χ0) is 19.8. The second kappa shape index (κ2) is 7.08. The smallest absolute Gasteiger partial charge is 0.256 e. The summed E-state index contributed by atoms with van der Waals surface area (Å²) < 4.78 is 7.40. The van der Waals surface area contributed by atoms with Crippen LogP contribution in [0.3, 0.4) is 0 Å². The third-order valence-corrected chi connectivity index (χ3v) is 5.10. The van der Waals surface area contributed by atoms with Gasteiger partial charge in [-0.05, 0) is 32.0 Å². The Kier molecular flexibility index (Phi) is 4.60. The summed E-state index contributed by atoms with van der Waals surface area (Å²) in [7, 11) is 0. The van der Waals surface area contributed by atoms with Crippen LogP contribution in [-0.2, 0) is 4.79 Å². The van der Waals surface area contributed by atoms with Crippen molar-refractivity contribution in [2.24, 2.45) is 0 Å². The summed E-state index contributed by atoms with van der Waals surface area (Å²) in [5.41, 5.74) is 2.75. The number of thioether (sulfide) groups is 1. The lowest BCUT2D eigenvalue weighted by Crippen LogP contribution is -2.15. The van der Waals surface area contributed by atoms with E-state index in [0.29, 0.717) is 27.6 Å². The lowest BCUT2D eigenvalue weighted by atomic mass is 10.2. The van der Waals surface area contributed by atoms with Gasteiger partial charge < -0.3 is 9.73 Å². The molecule has 0 unspecified atom stereocenters. The van der Waals surface area contributed by atoms with Gasteiger partial charge in [0.2, 0.25) is 5.91 Å². The molecule has 1 aromatic carbocycles. The van der Waals surface area contributed by atoms with Crippen molar-refractivity contribution in [2.45, 2.75) is 25.9 Å². The number of furan rings is 1. The molecule has 0 bridgehead atoms. The quantitative estimate of drug-likeness (QED) is 0.408. The lowest BCUT2D eigenvalue weighted by Gasteiger charge is -2.06. The lowest BCUT2D eigenvalue weighted by molar-refractivity contribution is -0.113. The Balaban J connectivity index is 1.56. The summed E-state index contributed by atoms with van der Waals surface area (Å²) in [6.45, 7) is 5.23. The van der Waals surface area contributed by atoms with Crippen LogP contribution >= 0.6 is 11.8 Å². The first-order valence-corrected chi connectivity index (χ1v) is 9.57. The number of ketones is 1. The van der Waals surface area contributed by atoms with E-state index < -0.39 is 0 Å². The molecule has 3 heterocycles. The van der Waals surface area contributed by atoms with E-state index in [2.05, 4.69) is 20.5 Å². The van der Waals surface area contributed by atoms with Gasteiger partial charge in [-0.15, -0.1) is 10.2 Å². The molecular weight excluding hydrogens is 378 g/mol. The average Bonchev–Trinajstić information content (AvgIpc) is 3.22. The molecular formula is C19H17N5O3S. The van der Waals surface area contributed by atoms with Crippen LogP contribution in [0, 0.1) is 13.8 Å². The second-order valence-electron chi connectivity index (χ2n) is 6.35. The highest BCUT2D eigenvalue weighted by Crippen LogP contribution is 2.31. The number of nitrogens with zero attached hydrogens (tertiary/aromatic N) is 4. The molecule has 0 fully saturated rings. The van der Waals surface area contributed by atoms with E-state index >= 15 is 0 Å². The van der Waals surface area contributed by atoms with Gasteiger partial charge in [0, 0.05) is 23.7 Å². The first kappa shape index (κ1) is 18.2. The zero-order valence-corrected chi connectivity index (χ0v) is 16.3. The fraction of sp³-hybridized carbons (Fsp3) is 0.211. The number of amides is 1. The predicted octanol–water partition coefficient (Wildman–Crippen LogP) is 3.42. The van der Waals surface area contributed by atoms with E-state index in [1.807, 2.05) is 32.0 Å². The SMILES string of the molecule is CC(=O)c1oc2ccccc2c1NC(=O)CSc1nnc2nc(C)cc(C)n12. The highest BCUT2D eigenvalue weighted by Gasteiger charge is 2.20. The molecule has 0 radical (unpaired) electrons. The maximum absolute atomic E-state index is 12.5. The molecule has 0 saturated carbocycles. The number of hydrogen-bond donors (Lipinski definition) is 1. The number of anilines is 1. The van der Waals surface area contributed by atoms with Gasteiger partial charge in [-0.1, -0.05) is 23.9 Å². The third kappa shape index (κ3) is 3.24. The Morgan fingerprint density at radius 1 is 1.21 bits per heavy atom. The monoisotopic (exact) mass is 395 g/mol. The van der Waals surface area contributed by atoms with E-state index in [0.717, 1.165) is 11.4 Å². The number of Topliss-reactive ketones (excluding diaryl/α,β-unsaturated/α-hetero) is 1. The van der Waals surface area contributed by atoms with Crippen LogP contribution in [0.1, 0.15) is 28.9 Å². The Morgan fingerprint density at radius 2 is 2.00 bits per heavy atom. The number of fused-ring (bicyclic) bond motifs is 2. The molecule has 0 saturated heterocycles. The molecule has 0 aliphatic carbocycles. The number of para-hydroxylation sites is 1. The van der Waals surface area contributed by atoms with Crippen LogP contribution in [-0.4, -0.2) is 37.0 Å². The summed E-state index contributed by atoms with van der Waals surface area (Å²) in [6, 6.07) is 9.12. The van der Waals surface area contributed by atoms with E-state index in [4.69, 9.17) is 4.42 Å². The second-order valence-corrected chi connectivity index (χ2v) is 7.29. The Labute approximate surface area is 164 Å². The van der Waals surface area contributed by atoms with Crippen molar-refractivity contribution in [2.75, 3.05) is 11.1 Å². The van der Waals surface area contributed by atoms with Crippen molar-refractivity contribution < 1.29 is 14.0 Å². The Hall–Kier alpha value is -3.20. The van der Waals surface area contributed by atoms with Crippen molar-refractivity contribution in [3.05, 3.63) is 47.5 Å². The van der Waals surface area contributed by atoms with Gasteiger partial charge >= 0.3 is 0 Å². The summed E-state index contributed by atoms with van der Waals surface area (Å²) in [6.07, 6.45) is 0. The molecule has 0 atom stereocenters. The summed E-state index contributed by atoms with van der Waals surface area (Å²) in [5.74, 6) is 0.224. The standard InChI is InChI=1S/C19H17N5O3S/c1-10-8-11(2)24-18(20-10)22-23-19(24)28-9-15(26)21-16-13-6-4-5-7-14(13)27-17(16)12(3)25/h4-8H,9H2,1-3H3,(H,21,26). The van der Waals surface area contributed by atoms with Crippen molar-refractivity contribution in [1.29, 1.82) is 0 Å². The minimum absolute atomic E-state index is 0.102. The van der Waals surface area contributed by atoms with Crippen molar-refractivity contribution in [3.63, 3.8) is 0 Å². The molecule has 0 aliphatic rings. The number of benzene rings is 1. The van der Waals surface area contributed by atoms with Crippen LogP contribution in [0.5, 0.6) is 0 Å². The van der Waals surface area contributed by atoms with Crippen LogP contribution in [0.25, 0.3) is 16.7 Å². The molecule has 4 rings (SSSR count). The first-order chi connectivity index (χ1) is 13.4. The molecule has 3 aromatic heterocycles. The summed E-state index contributed by atoms with van der Waals surface area (Å²) in [4.78, 5) is 28.8. The average molecular weight is 395 g/mol. The topological polar surface area (TPSA) is 102 Å². The maximum atomic E-state index is 12.5.